The van der Waals surface area contributed by atoms with Crippen molar-refractivity contribution in [3.63, 3.8) is 0 Å². The van der Waals surface area contributed by atoms with Crippen molar-refractivity contribution in [2.45, 2.75) is 82.6 Å². The third-order valence-electron chi connectivity index (χ3n) is 9.33. The van der Waals surface area contributed by atoms with Gasteiger partial charge in [0, 0.05) is 12.2 Å². The third kappa shape index (κ3) is 5.17. The summed E-state index contributed by atoms with van der Waals surface area (Å²) >= 11 is 0. The average Bonchev–Trinajstić information content (AvgIpc) is 3.61. The third-order valence-corrected chi connectivity index (χ3v) is 9.33. The molecule has 3 saturated heterocycles. The molecule has 2 unspecified atom stereocenters. The smallest absolute Gasteiger partial charge is 0.245 e. The van der Waals surface area contributed by atoms with Gasteiger partial charge in [-0.05, 0) is 68.9 Å². The van der Waals surface area contributed by atoms with Crippen LogP contribution in [0.25, 0.3) is 0 Å². The first-order valence-corrected chi connectivity index (χ1v) is 15.3. The van der Waals surface area contributed by atoms with E-state index in [0.29, 0.717) is 50.3 Å². The van der Waals surface area contributed by atoms with E-state index in [0.717, 1.165) is 18.4 Å². The van der Waals surface area contributed by atoms with Gasteiger partial charge in [-0.1, -0.05) is 50.6 Å². The molecule has 5 rings (SSSR count). The summed E-state index contributed by atoms with van der Waals surface area (Å²) in [5, 5.41) is 16.6. The lowest BCUT2D eigenvalue weighted by atomic mass is 9.65. The van der Waals surface area contributed by atoms with Crippen LogP contribution in [-0.4, -0.2) is 70.8 Å². The fourth-order valence-electron chi connectivity index (χ4n) is 7.39. The number of benzene rings is 2. The predicted octanol–water partition coefficient (Wildman–Crippen LogP) is 3.70. The van der Waals surface area contributed by atoms with Crippen molar-refractivity contribution in [2.24, 2.45) is 11.8 Å². The van der Waals surface area contributed by atoms with Gasteiger partial charge < -0.3 is 30.1 Å². The van der Waals surface area contributed by atoms with E-state index in [1.807, 2.05) is 51.1 Å². The van der Waals surface area contributed by atoms with Crippen LogP contribution in [0, 0.1) is 11.8 Å². The summed E-state index contributed by atoms with van der Waals surface area (Å²) in [5.41, 5.74) is -0.448. The number of anilines is 1. The number of ether oxygens (including phenoxy) is 2. The molecule has 2 bridgehead atoms. The average molecular weight is 578 g/mol. The minimum Gasteiger partial charge on any atom is -0.494 e. The quantitative estimate of drug-likeness (QED) is 0.313. The molecule has 3 fully saturated rings. The van der Waals surface area contributed by atoms with Gasteiger partial charge in [-0.25, -0.2) is 0 Å². The first-order chi connectivity index (χ1) is 20.3. The fraction of sp³-hybridized carbons (Fsp3) is 0.545. The highest BCUT2D eigenvalue weighted by Gasteiger charge is 2.79. The maximum absolute atomic E-state index is 14.5. The number of likely N-dealkylation sites (tertiary alicyclic amines) is 1. The largest absolute Gasteiger partial charge is 0.494 e. The van der Waals surface area contributed by atoms with Crippen molar-refractivity contribution in [2.75, 3.05) is 25.1 Å². The Hall–Kier alpha value is -3.43. The Kier molecular flexibility index (Phi) is 8.89. The van der Waals surface area contributed by atoms with E-state index in [9.17, 15) is 19.5 Å². The van der Waals surface area contributed by atoms with Crippen LogP contribution in [0.1, 0.15) is 58.4 Å². The summed E-state index contributed by atoms with van der Waals surface area (Å²) in [6, 6.07) is 15.2. The summed E-state index contributed by atoms with van der Waals surface area (Å²) < 4.78 is 12.4. The molecule has 0 saturated carbocycles. The van der Waals surface area contributed by atoms with Crippen molar-refractivity contribution >= 4 is 23.4 Å². The van der Waals surface area contributed by atoms with Gasteiger partial charge in [0.15, 0.2) is 0 Å². The van der Waals surface area contributed by atoms with Crippen molar-refractivity contribution in [1.29, 1.82) is 0 Å². The molecule has 9 nitrogen and oxygen atoms in total. The number of nitrogens with zero attached hydrogens (tertiary/aromatic N) is 1. The second-order valence-corrected chi connectivity index (χ2v) is 11.7. The summed E-state index contributed by atoms with van der Waals surface area (Å²) in [4.78, 5) is 44.0. The SMILES string of the molecule is CCCCNC(=O)C1N([C@@H](CO)Cc2ccccc2)C(=O)[C@@H]2[C@H](C(=O)Nc3ccc(OCC)cc3)[C@]3(CC)CCC12O3. The fourth-order valence-corrected chi connectivity index (χ4v) is 7.39. The molecule has 0 aliphatic carbocycles. The van der Waals surface area contributed by atoms with E-state index < -0.39 is 35.1 Å². The molecule has 1 spiro atoms. The van der Waals surface area contributed by atoms with E-state index in [1.165, 1.54) is 0 Å². The topological polar surface area (TPSA) is 117 Å². The molecule has 3 amide bonds. The van der Waals surface area contributed by atoms with Crippen molar-refractivity contribution in [1.82, 2.24) is 10.2 Å². The van der Waals surface area contributed by atoms with Gasteiger partial charge in [-0.3, -0.25) is 14.4 Å². The molecule has 0 aromatic heterocycles. The maximum atomic E-state index is 14.5. The summed E-state index contributed by atoms with van der Waals surface area (Å²) in [6.45, 7) is 6.64. The van der Waals surface area contributed by atoms with E-state index in [-0.39, 0.29) is 24.3 Å². The Morgan fingerprint density at radius 3 is 2.45 bits per heavy atom. The number of hydrogen-bond donors (Lipinski definition) is 3. The number of rotatable bonds is 13. The lowest BCUT2D eigenvalue weighted by Gasteiger charge is -2.37. The molecule has 42 heavy (non-hydrogen) atoms. The highest BCUT2D eigenvalue weighted by atomic mass is 16.5. The second kappa shape index (κ2) is 12.4. The molecule has 6 atom stereocenters. The highest BCUT2D eigenvalue weighted by Crippen LogP contribution is 2.64. The molecular formula is C33H43N3O6. The van der Waals surface area contributed by atoms with E-state index in [2.05, 4.69) is 10.6 Å². The standard InChI is InChI=1S/C33H43N3O6/c1-4-7-19-34-30(39)28-33-18-17-32(5-2,42-33)26(29(38)35-23-13-15-25(16-14-23)41-6-3)27(33)31(40)36(28)24(21-37)20-22-11-9-8-10-12-22/h8-16,24,26-28,37H,4-7,17-21H2,1-3H3,(H,34,39)(H,35,38)/t24-,26-,27+,28?,32+,33?/m1/s1. The zero-order chi connectivity index (χ0) is 29.9. The van der Waals surface area contributed by atoms with Gasteiger partial charge in [-0.2, -0.15) is 0 Å². The summed E-state index contributed by atoms with van der Waals surface area (Å²) in [6.07, 6.45) is 3.71. The van der Waals surface area contributed by atoms with Crippen molar-refractivity contribution < 1.29 is 29.0 Å². The molecule has 3 aliphatic heterocycles. The molecule has 2 aromatic carbocycles. The lowest BCUT2D eigenvalue weighted by molar-refractivity contribution is -0.150. The summed E-state index contributed by atoms with van der Waals surface area (Å²) in [5.74, 6) is -1.79. The van der Waals surface area contributed by atoms with Gasteiger partial charge in [0.2, 0.25) is 17.7 Å². The number of aliphatic hydroxyl groups is 1. The number of carbonyl (C=O) groups is 3. The van der Waals surface area contributed by atoms with Gasteiger partial charge >= 0.3 is 0 Å². The Bertz CT molecular complexity index is 1270. The normalized spacial score (nSPS) is 28.4. The predicted molar refractivity (Wildman–Crippen MR) is 159 cm³/mol. The molecular weight excluding hydrogens is 534 g/mol. The number of unbranched alkanes of at least 4 members (excludes halogenated alkanes) is 1. The minimum atomic E-state index is -1.14. The van der Waals surface area contributed by atoms with Gasteiger partial charge in [0.1, 0.15) is 17.4 Å². The van der Waals surface area contributed by atoms with Crippen LogP contribution in [0.3, 0.4) is 0 Å². The van der Waals surface area contributed by atoms with Crippen LogP contribution in [0.4, 0.5) is 5.69 Å². The zero-order valence-electron chi connectivity index (χ0n) is 24.8. The Labute approximate surface area is 248 Å². The van der Waals surface area contributed by atoms with Crippen LogP contribution < -0.4 is 15.4 Å². The second-order valence-electron chi connectivity index (χ2n) is 11.7. The number of fused-ring (bicyclic) bond motifs is 1. The monoisotopic (exact) mass is 577 g/mol. The van der Waals surface area contributed by atoms with E-state index >= 15 is 0 Å². The molecule has 3 N–H and O–H groups in total. The Morgan fingerprint density at radius 1 is 1.07 bits per heavy atom. The number of aliphatic hydroxyl groups excluding tert-OH is 1. The Morgan fingerprint density at radius 2 is 1.81 bits per heavy atom. The van der Waals surface area contributed by atoms with Crippen LogP contribution in [0.5, 0.6) is 5.75 Å². The molecule has 9 heteroatoms. The van der Waals surface area contributed by atoms with E-state index in [4.69, 9.17) is 9.47 Å². The van der Waals surface area contributed by atoms with E-state index in [1.54, 1.807) is 29.2 Å². The molecule has 3 heterocycles. The van der Waals surface area contributed by atoms with Crippen LogP contribution in [0.2, 0.25) is 0 Å². The zero-order valence-corrected chi connectivity index (χ0v) is 24.8. The molecule has 226 valence electrons. The number of hydrogen-bond acceptors (Lipinski definition) is 6. The van der Waals surface area contributed by atoms with Gasteiger partial charge in [-0.15, -0.1) is 0 Å². The minimum absolute atomic E-state index is 0.287. The maximum Gasteiger partial charge on any atom is 0.245 e. The van der Waals surface area contributed by atoms with Crippen molar-refractivity contribution in [3.8, 4) is 5.75 Å². The van der Waals surface area contributed by atoms with Crippen molar-refractivity contribution in [3.05, 3.63) is 60.2 Å². The highest BCUT2D eigenvalue weighted by molar-refractivity contribution is 6.02. The van der Waals surface area contributed by atoms with Crippen LogP contribution in [0.15, 0.2) is 54.6 Å². The first kappa shape index (κ1) is 30.0. The van der Waals surface area contributed by atoms with Gasteiger partial charge in [0.05, 0.1) is 36.7 Å². The van der Waals surface area contributed by atoms with Crippen LogP contribution in [-0.2, 0) is 25.5 Å². The lowest BCUT2D eigenvalue weighted by Crippen LogP contribution is -2.58. The molecule has 0 radical (unpaired) electrons. The first-order valence-electron chi connectivity index (χ1n) is 15.3. The van der Waals surface area contributed by atoms with Crippen LogP contribution >= 0.6 is 0 Å². The Balaban J connectivity index is 1.50. The number of amides is 3. The summed E-state index contributed by atoms with van der Waals surface area (Å²) in [7, 11) is 0. The number of carbonyl (C=O) groups excluding carboxylic acids is 3. The van der Waals surface area contributed by atoms with Gasteiger partial charge in [0.25, 0.3) is 0 Å². The molecule has 2 aromatic rings. The number of nitrogens with one attached hydrogen (secondary N) is 2. The molecule has 3 aliphatic rings.